The van der Waals surface area contributed by atoms with Gasteiger partial charge in [-0.1, -0.05) is 55.5 Å². The second kappa shape index (κ2) is 9.24. The molecule has 2 aromatic carbocycles. The third-order valence-electron chi connectivity index (χ3n) is 5.46. The van der Waals surface area contributed by atoms with E-state index in [1.165, 1.54) is 11.3 Å². The second-order valence-corrected chi connectivity index (χ2v) is 8.15. The number of piperazine rings is 1. The van der Waals surface area contributed by atoms with E-state index in [0.717, 1.165) is 30.8 Å². The van der Waals surface area contributed by atoms with Crippen molar-refractivity contribution in [1.29, 1.82) is 0 Å². The Morgan fingerprint density at radius 3 is 2.20 bits per heavy atom. The van der Waals surface area contributed by atoms with Crippen LogP contribution in [0, 0.1) is 0 Å². The van der Waals surface area contributed by atoms with Crippen LogP contribution in [-0.2, 0) is 0 Å². The van der Waals surface area contributed by atoms with E-state index in [2.05, 4.69) is 17.1 Å². The number of nitrogens with zero attached hydrogens (tertiary/aromatic N) is 2. The van der Waals surface area contributed by atoms with Crippen molar-refractivity contribution >= 4 is 28.2 Å². The average Bonchev–Trinajstić information content (AvgIpc) is 3.23. The molecule has 1 aliphatic rings. The molecular weight excluding hydrogens is 394 g/mol. The van der Waals surface area contributed by atoms with E-state index in [1.807, 2.05) is 58.8 Å². The van der Waals surface area contributed by atoms with Crippen molar-refractivity contribution in [2.45, 2.75) is 6.92 Å². The number of carbonyl (C=O) groups excluding carboxylic acids is 2. The van der Waals surface area contributed by atoms with E-state index in [9.17, 15) is 9.59 Å². The summed E-state index contributed by atoms with van der Waals surface area (Å²) in [5.41, 5.74) is 3.00. The molecule has 0 unspecified atom stereocenters. The average molecular weight is 420 g/mol. The highest BCUT2D eigenvalue weighted by Gasteiger charge is 2.28. The Hall–Kier alpha value is -2.96. The molecule has 2 heterocycles. The predicted octanol–water partition coefficient (Wildman–Crippen LogP) is 4.45. The van der Waals surface area contributed by atoms with E-state index >= 15 is 0 Å². The predicted molar refractivity (Wildman–Crippen MR) is 122 cm³/mol. The summed E-state index contributed by atoms with van der Waals surface area (Å²) in [4.78, 5) is 30.6. The zero-order valence-electron chi connectivity index (χ0n) is 17.0. The van der Waals surface area contributed by atoms with Crippen LogP contribution in [-0.4, -0.2) is 54.3 Å². The molecule has 0 spiro atoms. The van der Waals surface area contributed by atoms with Gasteiger partial charge in [-0.05, 0) is 24.2 Å². The van der Waals surface area contributed by atoms with Gasteiger partial charge in [0.1, 0.15) is 5.00 Å². The fourth-order valence-corrected chi connectivity index (χ4v) is 4.64. The van der Waals surface area contributed by atoms with Crippen LogP contribution in [0.15, 0.2) is 66.0 Å². The van der Waals surface area contributed by atoms with Crippen molar-refractivity contribution in [1.82, 2.24) is 9.80 Å². The Kier molecular flexibility index (Phi) is 6.26. The van der Waals surface area contributed by atoms with Crippen molar-refractivity contribution in [3.05, 3.63) is 77.2 Å². The summed E-state index contributed by atoms with van der Waals surface area (Å²) in [6.45, 7) is 6.28. The van der Waals surface area contributed by atoms with E-state index in [0.29, 0.717) is 29.2 Å². The zero-order valence-corrected chi connectivity index (χ0v) is 17.8. The highest BCUT2D eigenvalue weighted by molar-refractivity contribution is 7.15. The molecule has 154 valence electrons. The molecule has 0 aliphatic carbocycles. The lowest BCUT2D eigenvalue weighted by atomic mass is 10.0. The minimum Gasteiger partial charge on any atom is -0.336 e. The van der Waals surface area contributed by atoms with Gasteiger partial charge in [-0.3, -0.25) is 9.59 Å². The molecule has 4 rings (SSSR count). The van der Waals surface area contributed by atoms with Crippen molar-refractivity contribution in [2.75, 3.05) is 38.0 Å². The largest absolute Gasteiger partial charge is 0.336 e. The Labute approximate surface area is 180 Å². The summed E-state index contributed by atoms with van der Waals surface area (Å²) >= 11 is 1.40. The molecule has 1 fully saturated rings. The van der Waals surface area contributed by atoms with Gasteiger partial charge in [0, 0.05) is 42.7 Å². The quantitative estimate of drug-likeness (QED) is 0.665. The monoisotopic (exact) mass is 419 g/mol. The first kappa shape index (κ1) is 20.3. The Morgan fingerprint density at radius 2 is 1.57 bits per heavy atom. The van der Waals surface area contributed by atoms with Crippen LogP contribution in [0.25, 0.3) is 11.1 Å². The van der Waals surface area contributed by atoms with Gasteiger partial charge in [-0.15, -0.1) is 11.3 Å². The molecule has 5 nitrogen and oxygen atoms in total. The van der Waals surface area contributed by atoms with Crippen molar-refractivity contribution in [3.63, 3.8) is 0 Å². The van der Waals surface area contributed by atoms with Gasteiger partial charge in [0.25, 0.3) is 11.8 Å². The molecule has 1 saturated heterocycles. The summed E-state index contributed by atoms with van der Waals surface area (Å²) in [7, 11) is 0. The maximum Gasteiger partial charge on any atom is 0.257 e. The fraction of sp³-hybridized carbons (Fsp3) is 0.250. The first-order valence-corrected chi connectivity index (χ1v) is 11.1. The molecule has 2 amide bonds. The van der Waals surface area contributed by atoms with Gasteiger partial charge < -0.3 is 15.1 Å². The summed E-state index contributed by atoms with van der Waals surface area (Å²) < 4.78 is 0. The van der Waals surface area contributed by atoms with Gasteiger partial charge in [0.2, 0.25) is 0 Å². The van der Waals surface area contributed by atoms with Gasteiger partial charge in [0.05, 0.1) is 5.56 Å². The van der Waals surface area contributed by atoms with Crippen LogP contribution in [0.5, 0.6) is 0 Å². The van der Waals surface area contributed by atoms with Crippen LogP contribution in [0.3, 0.4) is 0 Å². The van der Waals surface area contributed by atoms with Crippen LogP contribution in [0.2, 0.25) is 0 Å². The third kappa shape index (κ3) is 4.30. The topological polar surface area (TPSA) is 52.6 Å². The zero-order chi connectivity index (χ0) is 20.9. The van der Waals surface area contributed by atoms with Crippen molar-refractivity contribution in [3.8, 4) is 11.1 Å². The number of hydrogen-bond acceptors (Lipinski definition) is 4. The number of thiophene rings is 1. The van der Waals surface area contributed by atoms with E-state index in [1.54, 1.807) is 12.1 Å². The Morgan fingerprint density at radius 1 is 0.933 bits per heavy atom. The van der Waals surface area contributed by atoms with Gasteiger partial charge in [-0.2, -0.15) is 0 Å². The van der Waals surface area contributed by atoms with Crippen molar-refractivity contribution in [2.24, 2.45) is 0 Å². The Bertz CT molecular complexity index is 1010. The number of hydrogen-bond donors (Lipinski definition) is 1. The lowest BCUT2D eigenvalue weighted by molar-refractivity contribution is 0.0645. The number of nitrogens with one attached hydrogen (secondary N) is 1. The van der Waals surface area contributed by atoms with Gasteiger partial charge in [-0.25, -0.2) is 0 Å². The first-order valence-electron chi connectivity index (χ1n) is 10.2. The summed E-state index contributed by atoms with van der Waals surface area (Å²) in [5, 5.41) is 5.54. The maximum absolute atomic E-state index is 13.6. The molecule has 0 atom stereocenters. The van der Waals surface area contributed by atoms with Crippen LogP contribution >= 0.6 is 11.3 Å². The number of amides is 2. The summed E-state index contributed by atoms with van der Waals surface area (Å²) in [5.74, 6) is -0.226. The maximum atomic E-state index is 13.6. The second-order valence-electron chi connectivity index (χ2n) is 7.27. The number of rotatable bonds is 5. The molecule has 0 bridgehead atoms. The molecular formula is C24H25N3O2S. The summed E-state index contributed by atoms with van der Waals surface area (Å²) in [6, 6.07) is 19.0. The Balaban J connectivity index is 1.66. The van der Waals surface area contributed by atoms with Gasteiger partial charge >= 0.3 is 0 Å². The number of carbonyl (C=O) groups is 2. The van der Waals surface area contributed by atoms with Crippen LogP contribution < -0.4 is 5.32 Å². The summed E-state index contributed by atoms with van der Waals surface area (Å²) in [6.07, 6.45) is 0. The highest BCUT2D eigenvalue weighted by Crippen LogP contribution is 2.37. The first-order chi connectivity index (χ1) is 14.7. The molecule has 3 aromatic rings. The molecule has 1 aliphatic heterocycles. The minimum absolute atomic E-state index is 0.0192. The normalized spacial score (nSPS) is 14.5. The van der Waals surface area contributed by atoms with Crippen LogP contribution in [0.4, 0.5) is 5.00 Å². The fourth-order valence-electron chi connectivity index (χ4n) is 3.68. The van der Waals surface area contributed by atoms with E-state index < -0.39 is 0 Å². The number of benzene rings is 2. The number of likely N-dealkylation sites (N-methyl/N-ethyl adjacent to an activating group) is 1. The number of anilines is 1. The smallest absolute Gasteiger partial charge is 0.257 e. The highest BCUT2D eigenvalue weighted by atomic mass is 32.1. The van der Waals surface area contributed by atoms with Crippen LogP contribution in [0.1, 0.15) is 27.6 Å². The third-order valence-corrected chi connectivity index (χ3v) is 6.35. The SMILES string of the molecule is CCN1CCN(C(=O)c2c(-c3ccccc3)csc2NC(=O)c2ccccc2)CC1. The van der Waals surface area contributed by atoms with E-state index in [-0.39, 0.29) is 11.8 Å². The minimum atomic E-state index is -0.207. The molecule has 30 heavy (non-hydrogen) atoms. The molecule has 1 aromatic heterocycles. The molecule has 0 radical (unpaired) electrons. The molecule has 1 N–H and O–H groups in total. The lowest BCUT2D eigenvalue weighted by Gasteiger charge is -2.34. The van der Waals surface area contributed by atoms with Gasteiger partial charge in [0.15, 0.2) is 0 Å². The molecule has 0 saturated carbocycles. The standard InChI is InChI=1S/C24H25N3O2S/c1-2-26-13-15-27(16-14-26)24(29)21-20(18-9-5-3-6-10-18)17-30-23(21)25-22(28)19-11-7-4-8-12-19/h3-12,17H,2,13-16H2,1H3,(H,25,28). The molecule has 6 heteroatoms. The van der Waals surface area contributed by atoms with Crippen molar-refractivity contribution < 1.29 is 9.59 Å². The lowest BCUT2D eigenvalue weighted by Crippen LogP contribution is -2.48. The van der Waals surface area contributed by atoms with E-state index in [4.69, 9.17) is 0 Å².